The predicted molar refractivity (Wildman–Crippen MR) is 114 cm³/mol. The van der Waals surface area contributed by atoms with Crippen LogP contribution in [-0.4, -0.2) is 44.7 Å². The monoisotopic (exact) mass is 395 g/mol. The second kappa shape index (κ2) is 8.10. The summed E-state index contributed by atoms with van der Waals surface area (Å²) in [5.74, 6) is -0.636. The molecule has 0 unspecified atom stereocenters. The van der Waals surface area contributed by atoms with E-state index in [9.17, 15) is 9.59 Å². The van der Waals surface area contributed by atoms with Gasteiger partial charge in [-0.1, -0.05) is 30.3 Å². The van der Waals surface area contributed by atoms with Crippen LogP contribution < -0.4 is 0 Å². The minimum Gasteiger partial charge on any atom is -0.345 e. The number of amides is 2. The summed E-state index contributed by atoms with van der Waals surface area (Å²) >= 11 is 5.34. The standard InChI is InChI=1S/C22H25N3O2S/c1-5-23-20(26)19(21(27)24(6-2)22(23)28)18-12-15(3)25(16(4)13-18)14-17-10-8-7-9-11-17/h7-13H,5-6,14H2,1-4H3. The fourth-order valence-corrected chi connectivity index (χ4v) is 4.00. The van der Waals surface area contributed by atoms with Crippen LogP contribution in [0, 0.1) is 0 Å². The summed E-state index contributed by atoms with van der Waals surface area (Å²) in [6.45, 7) is 9.33. The summed E-state index contributed by atoms with van der Waals surface area (Å²) in [6.07, 6.45) is 3.83. The maximum atomic E-state index is 13.0. The van der Waals surface area contributed by atoms with Crippen molar-refractivity contribution in [3.8, 4) is 0 Å². The molecular weight excluding hydrogens is 370 g/mol. The molecule has 1 fully saturated rings. The van der Waals surface area contributed by atoms with Crippen LogP contribution in [0.3, 0.4) is 0 Å². The zero-order valence-corrected chi connectivity index (χ0v) is 17.5. The summed E-state index contributed by atoms with van der Waals surface area (Å²) in [4.78, 5) is 31.1. The lowest BCUT2D eigenvalue weighted by Crippen LogP contribution is -2.56. The van der Waals surface area contributed by atoms with Gasteiger partial charge in [0.25, 0.3) is 11.8 Å². The maximum absolute atomic E-state index is 13.0. The highest BCUT2D eigenvalue weighted by atomic mass is 32.1. The third-order valence-corrected chi connectivity index (χ3v) is 5.51. The third-order valence-electron chi connectivity index (χ3n) is 5.06. The van der Waals surface area contributed by atoms with Crippen LogP contribution >= 0.6 is 12.2 Å². The number of allylic oxidation sites excluding steroid dienone is 5. The lowest BCUT2D eigenvalue weighted by atomic mass is 9.98. The number of nitrogens with zero attached hydrogens (tertiary/aromatic N) is 3. The summed E-state index contributed by atoms with van der Waals surface area (Å²) in [6, 6.07) is 10.2. The van der Waals surface area contributed by atoms with E-state index >= 15 is 0 Å². The van der Waals surface area contributed by atoms with E-state index in [1.165, 1.54) is 15.4 Å². The number of rotatable bonds is 4. The maximum Gasteiger partial charge on any atom is 0.266 e. The zero-order chi connectivity index (χ0) is 20.4. The smallest absolute Gasteiger partial charge is 0.266 e. The molecule has 0 spiro atoms. The van der Waals surface area contributed by atoms with Crippen LogP contribution in [0.2, 0.25) is 0 Å². The van der Waals surface area contributed by atoms with Crippen molar-refractivity contribution in [2.75, 3.05) is 13.1 Å². The summed E-state index contributed by atoms with van der Waals surface area (Å²) in [5.41, 5.74) is 4.02. The largest absolute Gasteiger partial charge is 0.345 e. The van der Waals surface area contributed by atoms with Gasteiger partial charge in [0.05, 0.1) is 0 Å². The molecule has 0 aliphatic carbocycles. The van der Waals surface area contributed by atoms with Crippen LogP contribution in [-0.2, 0) is 16.1 Å². The second-order valence-electron chi connectivity index (χ2n) is 6.85. The van der Waals surface area contributed by atoms with E-state index in [0.717, 1.165) is 17.9 Å². The van der Waals surface area contributed by atoms with Gasteiger partial charge < -0.3 is 4.90 Å². The molecule has 146 valence electrons. The summed E-state index contributed by atoms with van der Waals surface area (Å²) < 4.78 is 0. The summed E-state index contributed by atoms with van der Waals surface area (Å²) in [7, 11) is 0. The van der Waals surface area contributed by atoms with Crippen LogP contribution in [0.25, 0.3) is 0 Å². The first-order valence-electron chi connectivity index (χ1n) is 9.49. The number of thiocarbonyl (C=S) groups is 1. The van der Waals surface area contributed by atoms with Crippen molar-refractivity contribution in [2.45, 2.75) is 34.2 Å². The average molecular weight is 396 g/mol. The molecule has 0 aromatic heterocycles. The Kier molecular flexibility index (Phi) is 5.79. The molecule has 0 bridgehead atoms. The second-order valence-corrected chi connectivity index (χ2v) is 7.22. The Balaban J connectivity index is 2.00. The van der Waals surface area contributed by atoms with Crippen molar-refractivity contribution >= 4 is 29.1 Å². The SMILES string of the molecule is CCN1C(=O)C(=C2C=C(C)N(Cc3ccccc3)C(C)=C2)C(=O)N(CC)C1=S. The molecule has 1 aromatic carbocycles. The molecule has 0 saturated carbocycles. The van der Waals surface area contributed by atoms with Crippen molar-refractivity contribution < 1.29 is 9.59 Å². The quantitative estimate of drug-likeness (QED) is 0.444. The van der Waals surface area contributed by atoms with E-state index in [4.69, 9.17) is 12.2 Å². The van der Waals surface area contributed by atoms with Gasteiger partial charge >= 0.3 is 0 Å². The molecule has 0 atom stereocenters. The fraction of sp³-hybridized carbons (Fsp3) is 0.318. The highest BCUT2D eigenvalue weighted by Gasteiger charge is 2.39. The van der Waals surface area contributed by atoms with Gasteiger partial charge in [-0.05, 0) is 63.2 Å². The van der Waals surface area contributed by atoms with E-state index in [-0.39, 0.29) is 22.5 Å². The van der Waals surface area contributed by atoms with E-state index in [2.05, 4.69) is 17.0 Å². The van der Waals surface area contributed by atoms with Gasteiger partial charge in [-0.15, -0.1) is 0 Å². The van der Waals surface area contributed by atoms with Gasteiger partial charge in [-0.25, -0.2) is 0 Å². The van der Waals surface area contributed by atoms with Gasteiger partial charge in [-0.3, -0.25) is 19.4 Å². The molecule has 6 heteroatoms. The van der Waals surface area contributed by atoms with Crippen LogP contribution in [0.15, 0.2) is 65.0 Å². The normalized spacial score (nSPS) is 18.0. The Hall–Kier alpha value is -2.73. The molecule has 2 aliphatic rings. The molecule has 1 saturated heterocycles. The highest BCUT2D eigenvalue weighted by molar-refractivity contribution is 7.80. The molecule has 28 heavy (non-hydrogen) atoms. The molecule has 3 rings (SSSR count). The topological polar surface area (TPSA) is 43.9 Å². The third kappa shape index (κ3) is 3.52. The van der Waals surface area contributed by atoms with E-state index < -0.39 is 0 Å². The van der Waals surface area contributed by atoms with Crippen LogP contribution in [0.1, 0.15) is 33.3 Å². The summed E-state index contributed by atoms with van der Waals surface area (Å²) in [5, 5.41) is 0.285. The lowest BCUT2D eigenvalue weighted by molar-refractivity contribution is -0.133. The minimum atomic E-state index is -0.318. The van der Waals surface area contributed by atoms with E-state index in [1.54, 1.807) is 0 Å². The first kappa shape index (κ1) is 20.0. The zero-order valence-electron chi connectivity index (χ0n) is 16.7. The molecule has 0 N–H and O–H groups in total. The van der Waals surface area contributed by atoms with Gasteiger partial charge in [-0.2, -0.15) is 0 Å². The number of likely N-dealkylation sites (N-methyl/N-ethyl adjacent to an activating group) is 2. The molecule has 5 nitrogen and oxygen atoms in total. The number of carbonyl (C=O) groups is 2. The first-order chi connectivity index (χ1) is 13.4. The Morgan fingerprint density at radius 1 is 0.821 bits per heavy atom. The highest BCUT2D eigenvalue weighted by Crippen LogP contribution is 2.29. The van der Waals surface area contributed by atoms with Crippen molar-refractivity contribution in [3.05, 3.63) is 70.6 Å². The van der Waals surface area contributed by atoms with Gasteiger partial charge in [0, 0.05) is 31.0 Å². The molecule has 1 aromatic rings. The van der Waals surface area contributed by atoms with Gasteiger partial charge in [0.2, 0.25) is 0 Å². The Morgan fingerprint density at radius 2 is 1.32 bits per heavy atom. The molecule has 2 aliphatic heterocycles. The van der Waals surface area contributed by atoms with E-state index in [1.807, 2.05) is 58.0 Å². The van der Waals surface area contributed by atoms with Crippen LogP contribution in [0.4, 0.5) is 0 Å². The van der Waals surface area contributed by atoms with Gasteiger partial charge in [0.15, 0.2) is 5.11 Å². The lowest BCUT2D eigenvalue weighted by Gasteiger charge is -2.37. The Morgan fingerprint density at radius 3 is 1.79 bits per heavy atom. The number of hydrogen-bond acceptors (Lipinski definition) is 4. The molecule has 0 radical (unpaired) electrons. The van der Waals surface area contributed by atoms with Gasteiger partial charge in [0.1, 0.15) is 5.57 Å². The van der Waals surface area contributed by atoms with Crippen molar-refractivity contribution in [2.24, 2.45) is 0 Å². The van der Waals surface area contributed by atoms with E-state index in [0.29, 0.717) is 18.7 Å². The number of benzene rings is 1. The molecule has 2 heterocycles. The molecular formula is C22H25N3O2S. The minimum absolute atomic E-state index is 0.190. The molecule has 2 amide bonds. The predicted octanol–water partition coefficient (Wildman–Crippen LogP) is 3.60. The van der Waals surface area contributed by atoms with Crippen LogP contribution in [0.5, 0.6) is 0 Å². The number of hydrogen-bond donors (Lipinski definition) is 0. The van der Waals surface area contributed by atoms with Crippen molar-refractivity contribution in [3.63, 3.8) is 0 Å². The Labute approximate surface area is 171 Å². The Bertz CT molecular complexity index is 865. The fourth-order valence-electron chi connectivity index (χ4n) is 3.57. The van der Waals surface area contributed by atoms with Crippen molar-refractivity contribution in [1.29, 1.82) is 0 Å². The first-order valence-corrected chi connectivity index (χ1v) is 9.89. The van der Waals surface area contributed by atoms with Crippen molar-refractivity contribution in [1.82, 2.24) is 14.7 Å². The average Bonchev–Trinajstić information content (AvgIpc) is 2.66. The number of carbonyl (C=O) groups excluding carboxylic acids is 2.